The molecule has 1 unspecified atom stereocenters. The molecule has 0 amide bonds. The number of nitriles is 1. The summed E-state index contributed by atoms with van der Waals surface area (Å²) >= 11 is 5.82. The highest BCUT2D eigenvalue weighted by Crippen LogP contribution is 2.15. The molecule has 0 saturated carbocycles. The number of sulfonamides is 1. The van der Waals surface area contributed by atoms with Crippen molar-refractivity contribution in [1.29, 1.82) is 5.26 Å². The van der Waals surface area contributed by atoms with Crippen molar-refractivity contribution in [2.75, 3.05) is 7.11 Å². The van der Waals surface area contributed by atoms with Gasteiger partial charge in [0.05, 0.1) is 23.6 Å². The fourth-order valence-electron chi connectivity index (χ4n) is 2.16. The van der Waals surface area contributed by atoms with E-state index in [2.05, 4.69) is 4.72 Å². The predicted octanol–water partition coefficient (Wildman–Crippen LogP) is 2.27. The molecule has 0 saturated heterocycles. The molecule has 1 N–H and O–H groups in total. The molecule has 0 bridgehead atoms. The summed E-state index contributed by atoms with van der Waals surface area (Å²) in [6.07, 6.45) is 0.0982. The minimum atomic E-state index is -4.00. The van der Waals surface area contributed by atoms with E-state index in [0.717, 1.165) is 0 Å². The Hall–Kier alpha value is -2.40. The number of halogens is 1. The van der Waals surface area contributed by atoms with Crippen molar-refractivity contribution in [2.24, 2.45) is 0 Å². The third-order valence-electron chi connectivity index (χ3n) is 3.41. The molecule has 0 radical (unpaired) electrons. The fraction of sp³-hybridized carbons (Fsp3) is 0.176. The first kappa shape index (κ1) is 18.9. The maximum Gasteiger partial charge on any atom is 0.324 e. The van der Waals surface area contributed by atoms with Gasteiger partial charge in [0.2, 0.25) is 10.0 Å². The van der Waals surface area contributed by atoms with Gasteiger partial charge in [0.15, 0.2) is 0 Å². The first-order chi connectivity index (χ1) is 11.9. The van der Waals surface area contributed by atoms with Crippen LogP contribution in [0.2, 0.25) is 5.02 Å². The zero-order valence-electron chi connectivity index (χ0n) is 13.3. The van der Waals surface area contributed by atoms with Crippen LogP contribution in [0.3, 0.4) is 0 Å². The van der Waals surface area contributed by atoms with Crippen molar-refractivity contribution in [3.63, 3.8) is 0 Å². The molecule has 25 heavy (non-hydrogen) atoms. The molecule has 2 aromatic carbocycles. The number of benzene rings is 2. The normalized spacial score (nSPS) is 12.2. The Balaban J connectivity index is 2.27. The summed E-state index contributed by atoms with van der Waals surface area (Å²) in [5, 5.41) is 9.44. The van der Waals surface area contributed by atoms with Crippen LogP contribution in [0.15, 0.2) is 53.4 Å². The summed E-state index contributed by atoms with van der Waals surface area (Å²) in [5.74, 6) is -0.713. The Kier molecular flexibility index (Phi) is 6.15. The van der Waals surface area contributed by atoms with Crippen LogP contribution in [0.4, 0.5) is 0 Å². The van der Waals surface area contributed by atoms with Crippen molar-refractivity contribution in [3.8, 4) is 6.07 Å². The second-order valence-corrected chi connectivity index (χ2v) is 7.32. The summed E-state index contributed by atoms with van der Waals surface area (Å²) in [6.45, 7) is 0. The zero-order valence-corrected chi connectivity index (χ0v) is 14.8. The number of nitrogens with one attached hydrogen (secondary N) is 1. The van der Waals surface area contributed by atoms with Gasteiger partial charge in [0.1, 0.15) is 6.04 Å². The van der Waals surface area contributed by atoms with Crippen molar-refractivity contribution < 1.29 is 17.9 Å². The molecular weight excluding hydrogens is 364 g/mol. The van der Waals surface area contributed by atoms with Gasteiger partial charge >= 0.3 is 5.97 Å². The third kappa shape index (κ3) is 5.03. The monoisotopic (exact) mass is 378 g/mol. The molecule has 0 heterocycles. The van der Waals surface area contributed by atoms with Gasteiger partial charge in [-0.25, -0.2) is 8.42 Å². The van der Waals surface area contributed by atoms with E-state index in [1.54, 1.807) is 24.3 Å². The first-order valence-corrected chi connectivity index (χ1v) is 9.06. The van der Waals surface area contributed by atoms with Crippen LogP contribution < -0.4 is 4.72 Å². The predicted molar refractivity (Wildman–Crippen MR) is 92.4 cm³/mol. The van der Waals surface area contributed by atoms with Gasteiger partial charge in [-0.05, 0) is 42.3 Å². The molecule has 1 atom stereocenters. The Bertz CT molecular complexity index is 905. The maximum absolute atomic E-state index is 12.5. The molecule has 0 aliphatic carbocycles. The van der Waals surface area contributed by atoms with Gasteiger partial charge in [-0.3, -0.25) is 4.79 Å². The highest BCUT2D eigenvalue weighted by atomic mass is 35.5. The Labute approximate surface area is 151 Å². The van der Waals surface area contributed by atoms with Crippen LogP contribution in [0.1, 0.15) is 11.1 Å². The van der Waals surface area contributed by atoms with E-state index >= 15 is 0 Å². The number of esters is 1. The van der Waals surface area contributed by atoms with Gasteiger partial charge < -0.3 is 4.74 Å². The molecule has 2 rings (SSSR count). The number of carbonyl (C=O) groups excluding carboxylic acids is 1. The van der Waals surface area contributed by atoms with Crippen molar-refractivity contribution >= 4 is 27.6 Å². The second-order valence-electron chi connectivity index (χ2n) is 5.17. The number of carbonyl (C=O) groups is 1. The fourth-order valence-corrected chi connectivity index (χ4v) is 3.52. The van der Waals surface area contributed by atoms with E-state index in [0.29, 0.717) is 10.6 Å². The first-order valence-electron chi connectivity index (χ1n) is 7.20. The van der Waals surface area contributed by atoms with Gasteiger partial charge in [-0.1, -0.05) is 29.8 Å². The van der Waals surface area contributed by atoms with Crippen LogP contribution in [-0.2, 0) is 26.0 Å². The van der Waals surface area contributed by atoms with Gasteiger partial charge in [0, 0.05) is 5.02 Å². The second kappa shape index (κ2) is 8.12. The van der Waals surface area contributed by atoms with E-state index in [1.807, 2.05) is 6.07 Å². The van der Waals surface area contributed by atoms with Crippen LogP contribution in [0, 0.1) is 11.3 Å². The highest BCUT2D eigenvalue weighted by Gasteiger charge is 2.27. The van der Waals surface area contributed by atoms with Gasteiger partial charge in [0.25, 0.3) is 0 Å². The minimum Gasteiger partial charge on any atom is -0.468 e. The molecule has 0 aliphatic rings. The smallest absolute Gasteiger partial charge is 0.324 e. The van der Waals surface area contributed by atoms with Crippen LogP contribution in [0.5, 0.6) is 0 Å². The average Bonchev–Trinajstić information content (AvgIpc) is 2.62. The van der Waals surface area contributed by atoms with Crippen LogP contribution in [0.25, 0.3) is 0 Å². The number of methoxy groups -OCH3 is 1. The van der Waals surface area contributed by atoms with E-state index in [9.17, 15) is 13.2 Å². The topological polar surface area (TPSA) is 96.3 Å². The lowest BCUT2D eigenvalue weighted by molar-refractivity contribution is -0.142. The molecule has 130 valence electrons. The van der Waals surface area contributed by atoms with E-state index in [4.69, 9.17) is 21.6 Å². The highest BCUT2D eigenvalue weighted by molar-refractivity contribution is 7.89. The van der Waals surface area contributed by atoms with E-state index in [-0.39, 0.29) is 16.9 Å². The Morgan fingerprint density at radius 3 is 2.56 bits per heavy atom. The lowest BCUT2D eigenvalue weighted by Gasteiger charge is -2.17. The standard InChI is InChI=1S/C17H15ClN2O4S/c1-24-17(21)16(10-12-5-7-14(18)8-6-12)20-25(22,23)15-4-2-3-13(9-15)11-19/h2-9,16,20H,10H2,1H3. The van der Waals surface area contributed by atoms with E-state index < -0.39 is 22.0 Å². The summed E-state index contributed by atoms with van der Waals surface area (Å²) in [5.41, 5.74) is 0.920. The third-order valence-corrected chi connectivity index (χ3v) is 5.13. The average molecular weight is 379 g/mol. The van der Waals surface area contributed by atoms with Crippen LogP contribution >= 0.6 is 11.6 Å². The summed E-state index contributed by atoms with van der Waals surface area (Å²) in [4.78, 5) is 11.9. The molecule has 8 heteroatoms. The largest absolute Gasteiger partial charge is 0.468 e. The molecular formula is C17H15ClN2O4S. The lowest BCUT2D eigenvalue weighted by Crippen LogP contribution is -2.43. The molecule has 0 fully saturated rings. The minimum absolute atomic E-state index is 0.0982. The van der Waals surface area contributed by atoms with Gasteiger partial charge in [-0.15, -0.1) is 0 Å². The molecule has 0 aromatic heterocycles. The molecule has 6 nitrogen and oxygen atoms in total. The molecule has 0 spiro atoms. The molecule has 2 aromatic rings. The van der Waals surface area contributed by atoms with E-state index in [1.165, 1.54) is 31.4 Å². The Morgan fingerprint density at radius 2 is 1.96 bits per heavy atom. The molecule has 0 aliphatic heterocycles. The quantitative estimate of drug-likeness (QED) is 0.778. The summed E-state index contributed by atoms with van der Waals surface area (Å²) < 4.78 is 32.1. The number of nitrogens with zero attached hydrogens (tertiary/aromatic N) is 1. The van der Waals surface area contributed by atoms with Crippen molar-refractivity contribution in [3.05, 3.63) is 64.7 Å². The number of hydrogen-bond donors (Lipinski definition) is 1. The zero-order chi connectivity index (χ0) is 18.4. The number of ether oxygens (including phenoxy) is 1. The van der Waals surface area contributed by atoms with Gasteiger partial charge in [-0.2, -0.15) is 9.98 Å². The maximum atomic E-state index is 12.5. The summed E-state index contributed by atoms with van der Waals surface area (Å²) in [6, 6.07) is 13.0. The summed E-state index contributed by atoms with van der Waals surface area (Å²) in [7, 11) is -2.82. The van der Waals surface area contributed by atoms with Crippen LogP contribution in [-0.4, -0.2) is 27.5 Å². The number of rotatable bonds is 6. The number of hydrogen-bond acceptors (Lipinski definition) is 5. The van der Waals surface area contributed by atoms with Crippen molar-refractivity contribution in [2.45, 2.75) is 17.4 Å². The SMILES string of the molecule is COC(=O)C(Cc1ccc(Cl)cc1)NS(=O)(=O)c1cccc(C#N)c1. The Morgan fingerprint density at radius 1 is 1.28 bits per heavy atom. The van der Waals surface area contributed by atoms with Crippen molar-refractivity contribution in [1.82, 2.24) is 4.72 Å². The lowest BCUT2D eigenvalue weighted by atomic mass is 10.1.